The highest BCUT2D eigenvalue weighted by atomic mass is 32.2. The maximum atomic E-state index is 13.8. The Morgan fingerprint density at radius 1 is 1.04 bits per heavy atom. The molecular weight excluding hydrogens is 351 g/mol. The summed E-state index contributed by atoms with van der Waals surface area (Å²) >= 11 is 0. The number of sulfonamides is 1. The summed E-state index contributed by atoms with van der Waals surface area (Å²) < 4.78 is 39.4. The Morgan fingerprint density at radius 2 is 1.68 bits per heavy atom. The third kappa shape index (κ3) is 2.78. The van der Waals surface area contributed by atoms with Crippen molar-refractivity contribution in [1.82, 2.24) is 4.72 Å². The summed E-state index contributed by atoms with van der Waals surface area (Å²) in [7, 11) is -4.04. The number of halogens is 1. The molecule has 0 aliphatic carbocycles. The minimum Gasteiger partial charge on any atom is -0.274 e. The Labute approximate surface area is 142 Å². The lowest BCUT2D eigenvalue weighted by Crippen LogP contribution is -2.30. The van der Waals surface area contributed by atoms with Crippen LogP contribution in [0, 0.1) is 5.82 Å². The summed E-state index contributed by atoms with van der Waals surface area (Å²) in [5.41, 5.74) is -0.283. The fourth-order valence-electron chi connectivity index (χ4n) is 2.50. The smallest absolute Gasteiger partial charge is 0.269 e. The van der Waals surface area contributed by atoms with Crippen molar-refractivity contribution >= 4 is 33.4 Å². The molecular formula is C16H11FN2O5S. The molecule has 0 bridgehead atoms. The van der Waals surface area contributed by atoms with Gasteiger partial charge in [-0.15, -0.1) is 0 Å². The Morgan fingerprint density at radius 3 is 2.24 bits per heavy atom. The molecule has 9 heteroatoms. The van der Waals surface area contributed by atoms with Crippen LogP contribution in [0.3, 0.4) is 0 Å². The Hall–Kier alpha value is -3.07. The van der Waals surface area contributed by atoms with Crippen LogP contribution in [0.5, 0.6) is 0 Å². The van der Waals surface area contributed by atoms with Crippen molar-refractivity contribution < 1.29 is 27.2 Å². The molecule has 2 aromatic carbocycles. The van der Waals surface area contributed by atoms with Crippen LogP contribution in [0.1, 0.15) is 27.6 Å². The van der Waals surface area contributed by atoms with Gasteiger partial charge in [0.15, 0.2) is 0 Å². The first kappa shape index (κ1) is 16.8. The van der Waals surface area contributed by atoms with Crippen LogP contribution in [0.15, 0.2) is 47.4 Å². The molecule has 0 radical (unpaired) electrons. The number of fused-ring (bicyclic) bond motifs is 1. The summed E-state index contributed by atoms with van der Waals surface area (Å²) in [6.45, 7) is 1.05. The summed E-state index contributed by atoms with van der Waals surface area (Å²) in [5.74, 6) is -3.07. The summed E-state index contributed by atoms with van der Waals surface area (Å²) in [6.07, 6.45) is 0. The third-order valence-electron chi connectivity index (χ3n) is 3.55. The first-order chi connectivity index (χ1) is 11.7. The summed E-state index contributed by atoms with van der Waals surface area (Å²) in [4.78, 5) is 36.2. The van der Waals surface area contributed by atoms with E-state index in [1.165, 1.54) is 24.3 Å². The number of nitrogens with one attached hydrogen (secondary N) is 1. The van der Waals surface area contributed by atoms with E-state index in [0.717, 1.165) is 30.0 Å². The number of carbonyl (C=O) groups is 3. The fraction of sp³-hybridized carbons (Fsp3) is 0.0625. The first-order valence-electron chi connectivity index (χ1n) is 7.03. The molecule has 0 fully saturated rings. The van der Waals surface area contributed by atoms with Crippen molar-refractivity contribution in [1.29, 1.82) is 0 Å². The van der Waals surface area contributed by atoms with E-state index < -0.39 is 33.6 Å². The van der Waals surface area contributed by atoms with Gasteiger partial charge in [-0.05, 0) is 36.4 Å². The molecule has 0 aromatic heterocycles. The molecule has 0 atom stereocenters. The van der Waals surface area contributed by atoms with E-state index in [0.29, 0.717) is 0 Å². The minimum atomic E-state index is -4.04. The SMILES string of the molecule is CC(=O)NS(=O)(=O)c1ccc(N2C(=O)c3cccc(F)c3C2=O)cc1. The molecule has 0 saturated carbocycles. The summed E-state index contributed by atoms with van der Waals surface area (Å²) in [5, 5.41) is 0. The number of hydrogen-bond acceptors (Lipinski definition) is 5. The van der Waals surface area contributed by atoms with E-state index in [2.05, 4.69) is 0 Å². The van der Waals surface area contributed by atoms with Gasteiger partial charge in [0, 0.05) is 6.92 Å². The van der Waals surface area contributed by atoms with Gasteiger partial charge in [0.2, 0.25) is 5.91 Å². The van der Waals surface area contributed by atoms with Gasteiger partial charge in [-0.1, -0.05) is 6.07 Å². The van der Waals surface area contributed by atoms with Gasteiger partial charge in [0.1, 0.15) is 5.82 Å². The van der Waals surface area contributed by atoms with E-state index in [1.54, 1.807) is 4.72 Å². The van der Waals surface area contributed by atoms with E-state index >= 15 is 0 Å². The van der Waals surface area contributed by atoms with Crippen LogP contribution < -0.4 is 9.62 Å². The molecule has 2 aromatic rings. The van der Waals surface area contributed by atoms with Crippen molar-refractivity contribution in [3.63, 3.8) is 0 Å². The maximum absolute atomic E-state index is 13.8. The molecule has 1 heterocycles. The molecule has 0 spiro atoms. The average molecular weight is 362 g/mol. The Bertz CT molecular complexity index is 1020. The van der Waals surface area contributed by atoms with E-state index in [9.17, 15) is 27.2 Å². The van der Waals surface area contributed by atoms with Gasteiger partial charge in [-0.2, -0.15) is 0 Å². The molecule has 128 valence electrons. The monoisotopic (exact) mass is 362 g/mol. The largest absolute Gasteiger partial charge is 0.274 e. The highest BCUT2D eigenvalue weighted by molar-refractivity contribution is 7.90. The van der Waals surface area contributed by atoms with Crippen LogP contribution >= 0.6 is 0 Å². The summed E-state index contributed by atoms with van der Waals surface area (Å²) in [6, 6.07) is 8.49. The molecule has 1 N–H and O–H groups in total. The second-order valence-electron chi connectivity index (χ2n) is 5.26. The van der Waals surface area contributed by atoms with Crippen LogP contribution in [-0.2, 0) is 14.8 Å². The maximum Gasteiger partial charge on any atom is 0.269 e. The zero-order chi connectivity index (χ0) is 18.4. The molecule has 0 saturated heterocycles. The first-order valence-corrected chi connectivity index (χ1v) is 8.51. The molecule has 25 heavy (non-hydrogen) atoms. The van der Waals surface area contributed by atoms with Gasteiger partial charge < -0.3 is 0 Å². The van der Waals surface area contributed by atoms with Gasteiger partial charge in [0.25, 0.3) is 21.8 Å². The molecule has 0 unspecified atom stereocenters. The fourth-order valence-corrected chi connectivity index (χ4v) is 3.49. The van der Waals surface area contributed by atoms with Crippen molar-refractivity contribution in [2.75, 3.05) is 4.90 Å². The van der Waals surface area contributed by atoms with Crippen molar-refractivity contribution in [2.45, 2.75) is 11.8 Å². The molecule has 7 nitrogen and oxygen atoms in total. The quantitative estimate of drug-likeness (QED) is 0.833. The van der Waals surface area contributed by atoms with E-state index in [4.69, 9.17) is 0 Å². The number of hydrogen-bond donors (Lipinski definition) is 1. The lowest BCUT2D eigenvalue weighted by atomic mass is 10.1. The Kier molecular flexibility index (Phi) is 3.88. The third-order valence-corrected chi connectivity index (χ3v) is 5.00. The standard InChI is InChI=1S/C16H11FN2O5S/c1-9(20)18-25(23,24)11-7-5-10(6-8-11)19-15(21)12-3-2-4-13(17)14(12)16(19)22/h2-8H,1H3,(H,18,20). The molecule has 1 aliphatic heterocycles. The van der Waals surface area contributed by atoms with Gasteiger partial charge in [0.05, 0.1) is 21.7 Å². The van der Waals surface area contributed by atoms with Crippen LogP contribution in [-0.4, -0.2) is 26.1 Å². The lowest BCUT2D eigenvalue weighted by molar-refractivity contribution is -0.117. The second kappa shape index (κ2) is 5.78. The second-order valence-corrected chi connectivity index (χ2v) is 6.95. The van der Waals surface area contributed by atoms with E-state index in [1.807, 2.05) is 0 Å². The topological polar surface area (TPSA) is 101 Å². The van der Waals surface area contributed by atoms with Crippen LogP contribution in [0.4, 0.5) is 10.1 Å². The number of imide groups is 1. The number of carbonyl (C=O) groups excluding carboxylic acids is 3. The predicted molar refractivity (Wildman–Crippen MR) is 85.0 cm³/mol. The lowest BCUT2D eigenvalue weighted by Gasteiger charge is -2.14. The zero-order valence-corrected chi connectivity index (χ0v) is 13.6. The van der Waals surface area contributed by atoms with Crippen LogP contribution in [0.25, 0.3) is 0 Å². The molecule has 1 aliphatic rings. The number of amides is 3. The number of anilines is 1. The predicted octanol–water partition coefficient (Wildman–Crippen LogP) is 1.45. The number of rotatable bonds is 3. The number of benzene rings is 2. The van der Waals surface area contributed by atoms with Gasteiger partial charge in [-0.3, -0.25) is 14.4 Å². The highest BCUT2D eigenvalue weighted by Gasteiger charge is 2.38. The number of nitrogens with zero attached hydrogens (tertiary/aromatic N) is 1. The average Bonchev–Trinajstić information content (AvgIpc) is 2.79. The van der Waals surface area contributed by atoms with Crippen LogP contribution in [0.2, 0.25) is 0 Å². The minimum absolute atomic E-state index is 0.0556. The normalized spacial score (nSPS) is 13.8. The molecule has 3 rings (SSSR count). The highest BCUT2D eigenvalue weighted by Crippen LogP contribution is 2.30. The van der Waals surface area contributed by atoms with Gasteiger partial charge in [-0.25, -0.2) is 22.4 Å². The van der Waals surface area contributed by atoms with Gasteiger partial charge >= 0.3 is 0 Å². The van der Waals surface area contributed by atoms with Crippen molar-refractivity contribution in [3.05, 3.63) is 59.4 Å². The molecule has 3 amide bonds. The van der Waals surface area contributed by atoms with Crippen molar-refractivity contribution in [2.24, 2.45) is 0 Å². The van der Waals surface area contributed by atoms with Crippen molar-refractivity contribution in [3.8, 4) is 0 Å². The Balaban J connectivity index is 1.97. The van der Waals surface area contributed by atoms with E-state index in [-0.39, 0.29) is 21.7 Å². The zero-order valence-electron chi connectivity index (χ0n) is 12.8.